The van der Waals surface area contributed by atoms with Crippen LogP contribution < -0.4 is 5.32 Å². The number of hydrogen-bond acceptors (Lipinski definition) is 8. The molecule has 2 aliphatic carbocycles. The minimum Gasteiger partial charge on any atom is -0.390 e. The fourth-order valence-corrected chi connectivity index (χ4v) is 5.09. The molecule has 2 fully saturated rings. The first-order chi connectivity index (χ1) is 15.9. The lowest BCUT2D eigenvalue weighted by Gasteiger charge is -2.18. The Bertz CT molecular complexity index is 1180. The summed E-state index contributed by atoms with van der Waals surface area (Å²) in [6.07, 6.45) is -0.000922. The number of nitrogens with zero attached hydrogens (tertiary/aromatic N) is 4. The van der Waals surface area contributed by atoms with E-state index in [-0.39, 0.29) is 18.4 Å². The third kappa shape index (κ3) is 4.18. The molecule has 0 spiro atoms. The molecule has 2 aliphatic rings. The van der Waals surface area contributed by atoms with Crippen LogP contribution in [-0.4, -0.2) is 64.9 Å². The van der Waals surface area contributed by atoms with Crippen molar-refractivity contribution in [3.05, 3.63) is 41.7 Å². The highest BCUT2D eigenvalue weighted by Crippen LogP contribution is 2.44. The summed E-state index contributed by atoms with van der Waals surface area (Å²) in [5, 5.41) is 34.3. The van der Waals surface area contributed by atoms with Gasteiger partial charge in [0.05, 0.1) is 18.5 Å². The highest BCUT2D eigenvalue weighted by molar-refractivity contribution is 7.99. The van der Waals surface area contributed by atoms with E-state index in [0.29, 0.717) is 22.1 Å². The van der Waals surface area contributed by atoms with Crippen molar-refractivity contribution in [3.63, 3.8) is 0 Å². The molecule has 8 nitrogen and oxygen atoms in total. The Kier molecular flexibility index (Phi) is 5.98. The molecule has 4 N–H and O–H groups in total. The Hall–Kier alpha value is -2.34. The first-order valence-corrected chi connectivity index (χ1v) is 12.0. The van der Waals surface area contributed by atoms with E-state index >= 15 is 0 Å². The van der Waals surface area contributed by atoms with Gasteiger partial charge in [0.1, 0.15) is 12.2 Å². The molecule has 0 aliphatic heterocycles. The predicted molar refractivity (Wildman–Crippen MR) is 119 cm³/mol. The van der Waals surface area contributed by atoms with Gasteiger partial charge >= 0.3 is 0 Å². The molecule has 176 valence electrons. The Morgan fingerprint density at radius 1 is 1.12 bits per heavy atom. The number of benzene rings is 1. The standard InChI is InChI=1S/C22H25F2N5O3S/c1-2-5-33-22-27-20(26-14-7-11(14)10-3-4-12(23)13(24)6-10)17-21(28-22)29(9-25-17)15-8-16(30)19(32)18(15)31/h3-4,6,9,11,14-16,18-19,30-32H,2,5,7-8H2,1H3,(H,26,27,28)/t11-,14+,15+,16-,18-,19+/m0/s1. The van der Waals surface area contributed by atoms with Crippen LogP contribution in [0.4, 0.5) is 14.6 Å². The summed E-state index contributed by atoms with van der Waals surface area (Å²) in [4.78, 5) is 13.7. The second kappa shape index (κ2) is 8.79. The van der Waals surface area contributed by atoms with Gasteiger partial charge in [0, 0.05) is 17.7 Å². The Morgan fingerprint density at radius 3 is 2.64 bits per heavy atom. The Labute approximate surface area is 193 Å². The maximum Gasteiger partial charge on any atom is 0.191 e. The van der Waals surface area contributed by atoms with Gasteiger partial charge in [-0.05, 0) is 37.0 Å². The second-order valence-electron chi connectivity index (χ2n) is 8.65. The fourth-order valence-electron chi connectivity index (χ4n) is 4.40. The number of aliphatic hydroxyl groups is 3. The van der Waals surface area contributed by atoms with Gasteiger partial charge in [-0.25, -0.2) is 23.7 Å². The SMILES string of the molecule is CCCSc1nc(N[C@@H]2C[C@H]2c2ccc(F)c(F)c2)c2ncn([C@@H]3C[C@H](O)[C@@H](O)[C@H]3O)c2n1. The van der Waals surface area contributed by atoms with Gasteiger partial charge in [0.2, 0.25) is 0 Å². The van der Waals surface area contributed by atoms with Crippen molar-refractivity contribution in [1.82, 2.24) is 19.5 Å². The summed E-state index contributed by atoms with van der Waals surface area (Å²) in [5.74, 6) is -0.349. The van der Waals surface area contributed by atoms with Crippen molar-refractivity contribution in [3.8, 4) is 0 Å². The van der Waals surface area contributed by atoms with Crippen LogP contribution in [0.5, 0.6) is 0 Å². The molecule has 33 heavy (non-hydrogen) atoms. The number of halogens is 2. The van der Waals surface area contributed by atoms with Crippen LogP contribution in [0.3, 0.4) is 0 Å². The molecule has 2 saturated carbocycles. The van der Waals surface area contributed by atoms with Crippen LogP contribution in [-0.2, 0) is 0 Å². The van der Waals surface area contributed by atoms with Crippen molar-refractivity contribution < 1.29 is 24.1 Å². The maximum absolute atomic E-state index is 13.7. The number of nitrogens with one attached hydrogen (secondary N) is 1. The van der Waals surface area contributed by atoms with Gasteiger partial charge in [-0.3, -0.25) is 0 Å². The molecule has 2 heterocycles. The number of fused-ring (bicyclic) bond motifs is 1. The molecule has 0 radical (unpaired) electrons. The van der Waals surface area contributed by atoms with E-state index in [2.05, 4.69) is 27.2 Å². The molecular weight excluding hydrogens is 452 g/mol. The topological polar surface area (TPSA) is 116 Å². The molecule has 0 bridgehead atoms. The first kappa shape index (κ1) is 22.5. The van der Waals surface area contributed by atoms with Crippen molar-refractivity contribution in [1.29, 1.82) is 0 Å². The predicted octanol–water partition coefficient (Wildman–Crippen LogP) is 2.60. The third-order valence-electron chi connectivity index (χ3n) is 6.30. The summed E-state index contributed by atoms with van der Waals surface area (Å²) >= 11 is 1.50. The largest absolute Gasteiger partial charge is 0.390 e. The first-order valence-electron chi connectivity index (χ1n) is 11.0. The normalized spacial score (nSPS) is 29.0. The number of rotatable bonds is 7. The van der Waals surface area contributed by atoms with Crippen molar-refractivity contribution in [2.75, 3.05) is 11.1 Å². The quantitative estimate of drug-likeness (QED) is 0.303. The van der Waals surface area contributed by atoms with Crippen molar-refractivity contribution >= 4 is 28.7 Å². The number of aliphatic hydroxyl groups excluding tert-OH is 3. The van der Waals surface area contributed by atoms with E-state index in [9.17, 15) is 24.1 Å². The van der Waals surface area contributed by atoms with Crippen LogP contribution in [0, 0.1) is 11.6 Å². The van der Waals surface area contributed by atoms with Gasteiger partial charge in [-0.15, -0.1) is 0 Å². The average Bonchev–Trinajstić information content (AvgIpc) is 3.36. The lowest BCUT2D eigenvalue weighted by molar-refractivity contribution is -0.0244. The third-order valence-corrected chi connectivity index (χ3v) is 7.35. The van der Waals surface area contributed by atoms with Crippen LogP contribution in [0.1, 0.15) is 43.7 Å². The number of imidazole rings is 1. The summed E-state index contributed by atoms with van der Waals surface area (Å²) in [7, 11) is 0. The molecule has 3 aromatic rings. The number of aromatic nitrogens is 4. The summed E-state index contributed by atoms with van der Waals surface area (Å²) in [6.45, 7) is 2.06. The monoisotopic (exact) mass is 477 g/mol. The van der Waals surface area contributed by atoms with Crippen LogP contribution >= 0.6 is 11.8 Å². The highest BCUT2D eigenvalue weighted by Gasteiger charge is 2.43. The smallest absolute Gasteiger partial charge is 0.191 e. The molecule has 1 aromatic carbocycles. The van der Waals surface area contributed by atoms with Gasteiger partial charge < -0.3 is 25.2 Å². The molecule has 11 heteroatoms. The zero-order valence-electron chi connectivity index (χ0n) is 17.9. The molecule has 0 saturated heterocycles. The van der Waals surface area contributed by atoms with Gasteiger partial charge in [0.15, 0.2) is 33.8 Å². The van der Waals surface area contributed by atoms with Crippen LogP contribution in [0.25, 0.3) is 11.2 Å². The van der Waals surface area contributed by atoms with Crippen LogP contribution in [0.15, 0.2) is 29.7 Å². The van der Waals surface area contributed by atoms with Crippen molar-refractivity contribution in [2.45, 2.75) is 67.7 Å². The molecule has 0 unspecified atom stereocenters. The fraction of sp³-hybridized carbons (Fsp3) is 0.500. The Morgan fingerprint density at radius 2 is 1.94 bits per heavy atom. The number of thioether (sulfide) groups is 1. The number of hydrogen-bond donors (Lipinski definition) is 4. The maximum atomic E-state index is 13.7. The molecule has 2 aromatic heterocycles. The van der Waals surface area contributed by atoms with E-state index in [1.165, 1.54) is 24.2 Å². The molecule has 6 atom stereocenters. The van der Waals surface area contributed by atoms with E-state index < -0.39 is 36.0 Å². The van der Waals surface area contributed by atoms with E-state index in [4.69, 9.17) is 0 Å². The van der Waals surface area contributed by atoms with E-state index in [1.807, 2.05) is 0 Å². The molecular formula is C22H25F2N5O3S. The van der Waals surface area contributed by atoms with E-state index in [1.54, 1.807) is 10.6 Å². The van der Waals surface area contributed by atoms with Gasteiger partial charge in [-0.2, -0.15) is 0 Å². The van der Waals surface area contributed by atoms with Gasteiger partial charge in [0.25, 0.3) is 0 Å². The average molecular weight is 478 g/mol. The van der Waals surface area contributed by atoms with Crippen LogP contribution in [0.2, 0.25) is 0 Å². The van der Waals surface area contributed by atoms with Crippen molar-refractivity contribution in [2.24, 2.45) is 0 Å². The minimum absolute atomic E-state index is 0.0112. The summed E-state index contributed by atoms with van der Waals surface area (Å²) in [5.41, 5.74) is 1.73. The zero-order chi connectivity index (χ0) is 23.3. The summed E-state index contributed by atoms with van der Waals surface area (Å²) in [6, 6.07) is 3.38. The summed E-state index contributed by atoms with van der Waals surface area (Å²) < 4.78 is 28.6. The molecule has 5 rings (SSSR count). The lowest BCUT2D eigenvalue weighted by Crippen LogP contribution is -2.31. The number of anilines is 1. The highest BCUT2D eigenvalue weighted by atomic mass is 32.2. The minimum atomic E-state index is -1.23. The lowest BCUT2D eigenvalue weighted by atomic mass is 10.1. The zero-order valence-corrected chi connectivity index (χ0v) is 18.7. The van der Waals surface area contributed by atoms with Gasteiger partial charge in [-0.1, -0.05) is 24.8 Å². The Balaban J connectivity index is 1.45. The second-order valence-corrected chi connectivity index (χ2v) is 9.71. The molecule has 0 amide bonds. The van der Waals surface area contributed by atoms with E-state index in [0.717, 1.165) is 30.2 Å².